The number of nitrogens with one attached hydrogen (secondary N) is 1. The van der Waals surface area contributed by atoms with Crippen molar-refractivity contribution in [3.8, 4) is 0 Å². The van der Waals surface area contributed by atoms with Gasteiger partial charge in [0.05, 0.1) is 6.04 Å². The second-order valence-corrected chi connectivity index (χ2v) is 7.55. The molecule has 0 spiro atoms. The molecule has 5 heteroatoms. The molecule has 1 unspecified atom stereocenters. The molecule has 2 heterocycles. The highest BCUT2D eigenvalue weighted by Gasteiger charge is 2.31. The molecule has 2 aromatic carbocycles. The summed E-state index contributed by atoms with van der Waals surface area (Å²) in [5, 5.41) is 3.75. The highest BCUT2D eigenvalue weighted by atomic mass is 35.5. The molecule has 0 radical (unpaired) electrons. The Morgan fingerprint density at radius 1 is 1.11 bits per heavy atom. The van der Waals surface area contributed by atoms with Crippen LogP contribution >= 0.6 is 11.6 Å². The minimum absolute atomic E-state index is 0.0936. The summed E-state index contributed by atoms with van der Waals surface area (Å²) in [7, 11) is 0. The number of fused-ring (bicyclic) bond motifs is 1. The largest absolute Gasteiger partial charge is 0.349 e. The predicted molar refractivity (Wildman–Crippen MR) is 114 cm³/mol. The van der Waals surface area contributed by atoms with Gasteiger partial charge in [0.1, 0.15) is 0 Å². The standard InChI is InChI=1S/C23H24ClN3O/c1-2-17-9-11-20(12-10-17)25-23(28)27-15-5-14-26-13-4-8-21(26)22(27)18-6-3-7-19(24)16-18/h3-4,6-13,16,22H,2,5,14-15H2,1H3,(H,25,28). The van der Waals surface area contributed by atoms with Gasteiger partial charge in [0, 0.05) is 35.7 Å². The zero-order chi connectivity index (χ0) is 19.5. The van der Waals surface area contributed by atoms with E-state index in [0.29, 0.717) is 11.6 Å². The van der Waals surface area contributed by atoms with Gasteiger partial charge in [0.15, 0.2) is 0 Å². The molecule has 1 aromatic heterocycles. The highest BCUT2D eigenvalue weighted by molar-refractivity contribution is 6.30. The number of aryl methyl sites for hydroxylation is 2. The molecule has 3 aromatic rings. The van der Waals surface area contributed by atoms with E-state index in [0.717, 1.165) is 36.3 Å². The van der Waals surface area contributed by atoms with E-state index in [-0.39, 0.29) is 12.1 Å². The molecule has 0 bridgehead atoms. The molecule has 1 aliphatic heterocycles. The van der Waals surface area contributed by atoms with Gasteiger partial charge >= 0.3 is 6.03 Å². The topological polar surface area (TPSA) is 37.3 Å². The summed E-state index contributed by atoms with van der Waals surface area (Å²) in [5.74, 6) is 0. The van der Waals surface area contributed by atoms with Crippen molar-refractivity contribution in [2.24, 2.45) is 0 Å². The third-order valence-electron chi connectivity index (χ3n) is 5.29. The highest BCUT2D eigenvalue weighted by Crippen LogP contribution is 2.33. The smallest absolute Gasteiger partial charge is 0.322 e. The molecular weight excluding hydrogens is 370 g/mol. The molecule has 0 saturated carbocycles. The van der Waals surface area contributed by atoms with E-state index < -0.39 is 0 Å². The van der Waals surface area contributed by atoms with E-state index in [4.69, 9.17) is 11.6 Å². The monoisotopic (exact) mass is 393 g/mol. The number of benzene rings is 2. The Morgan fingerprint density at radius 2 is 1.93 bits per heavy atom. The molecule has 1 atom stereocenters. The van der Waals surface area contributed by atoms with Crippen LogP contribution in [0.25, 0.3) is 0 Å². The molecule has 0 aliphatic carbocycles. The van der Waals surface area contributed by atoms with Gasteiger partial charge < -0.3 is 14.8 Å². The van der Waals surface area contributed by atoms with E-state index >= 15 is 0 Å². The van der Waals surface area contributed by atoms with Gasteiger partial charge in [-0.2, -0.15) is 0 Å². The number of carbonyl (C=O) groups is 1. The number of amides is 2. The van der Waals surface area contributed by atoms with Crippen LogP contribution in [0.5, 0.6) is 0 Å². The first-order valence-corrected chi connectivity index (χ1v) is 10.1. The van der Waals surface area contributed by atoms with Crippen LogP contribution in [0.3, 0.4) is 0 Å². The minimum atomic E-state index is -0.175. The number of hydrogen-bond donors (Lipinski definition) is 1. The van der Waals surface area contributed by atoms with E-state index in [1.807, 2.05) is 47.4 Å². The van der Waals surface area contributed by atoms with Crippen LogP contribution in [0.2, 0.25) is 5.02 Å². The summed E-state index contributed by atoms with van der Waals surface area (Å²) < 4.78 is 2.23. The zero-order valence-electron chi connectivity index (χ0n) is 15.9. The van der Waals surface area contributed by atoms with Crippen LogP contribution in [0.15, 0.2) is 66.9 Å². The fourth-order valence-electron chi connectivity index (χ4n) is 3.84. The van der Waals surface area contributed by atoms with Gasteiger partial charge in [-0.15, -0.1) is 0 Å². The first kappa shape index (κ1) is 18.6. The van der Waals surface area contributed by atoms with Crippen LogP contribution < -0.4 is 5.32 Å². The average Bonchev–Trinajstić information content (AvgIpc) is 3.08. The maximum Gasteiger partial charge on any atom is 0.322 e. The van der Waals surface area contributed by atoms with Crippen LogP contribution in [0.1, 0.15) is 36.2 Å². The van der Waals surface area contributed by atoms with Crippen LogP contribution in [0.4, 0.5) is 10.5 Å². The fourth-order valence-corrected chi connectivity index (χ4v) is 4.04. The average molecular weight is 394 g/mol. The van der Waals surface area contributed by atoms with Crippen molar-refractivity contribution >= 4 is 23.3 Å². The van der Waals surface area contributed by atoms with Crippen molar-refractivity contribution in [3.05, 3.63) is 88.7 Å². The van der Waals surface area contributed by atoms with Crippen LogP contribution in [-0.2, 0) is 13.0 Å². The lowest BCUT2D eigenvalue weighted by atomic mass is 10.0. The first-order valence-electron chi connectivity index (χ1n) is 9.73. The van der Waals surface area contributed by atoms with Crippen molar-refractivity contribution in [1.82, 2.24) is 9.47 Å². The Bertz CT molecular complexity index is 964. The molecule has 2 amide bonds. The number of carbonyl (C=O) groups excluding carboxylic acids is 1. The lowest BCUT2D eigenvalue weighted by Crippen LogP contribution is -2.38. The maximum atomic E-state index is 13.2. The molecule has 1 N–H and O–H groups in total. The molecule has 0 fully saturated rings. The van der Waals surface area contributed by atoms with E-state index in [1.165, 1.54) is 5.56 Å². The number of hydrogen-bond acceptors (Lipinski definition) is 1. The third kappa shape index (κ3) is 3.78. The van der Waals surface area contributed by atoms with Crippen molar-refractivity contribution < 1.29 is 4.79 Å². The fraction of sp³-hybridized carbons (Fsp3) is 0.261. The Kier molecular flexibility index (Phi) is 5.40. The number of aromatic nitrogens is 1. The lowest BCUT2D eigenvalue weighted by Gasteiger charge is -2.31. The molecule has 4 rings (SSSR count). The SMILES string of the molecule is CCc1ccc(NC(=O)N2CCCn3cccc3C2c2cccc(Cl)c2)cc1. The molecule has 144 valence electrons. The summed E-state index contributed by atoms with van der Waals surface area (Å²) >= 11 is 6.27. The van der Waals surface area contributed by atoms with Crippen molar-refractivity contribution in [2.75, 3.05) is 11.9 Å². The summed E-state index contributed by atoms with van der Waals surface area (Å²) in [6.07, 6.45) is 3.97. The minimum Gasteiger partial charge on any atom is -0.349 e. The van der Waals surface area contributed by atoms with Crippen molar-refractivity contribution in [3.63, 3.8) is 0 Å². The summed E-state index contributed by atoms with van der Waals surface area (Å²) in [4.78, 5) is 15.2. The van der Waals surface area contributed by atoms with Gasteiger partial charge in [-0.3, -0.25) is 0 Å². The van der Waals surface area contributed by atoms with Gasteiger partial charge in [-0.25, -0.2) is 4.79 Å². The summed E-state index contributed by atoms with van der Waals surface area (Å²) in [6.45, 7) is 3.70. The number of urea groups is 1. The van der Waals surface area contributed by atoms with E-state index in [1.54, 1.807) is 0 Å². The molecule has 0 saturated heterocycles. The van der Waals surface area contributed by atoms with Crippen molar-refractivity contribution in [2.45, 2.75) is 32.4 Å². The number of halogens is 1. The van der Waals surface area contributed by atoms with E-state index in [2.05, 4.69) is 41.2 Å². The Hall–Kier alpha value is -2.72. The molecule has 28 heavy (non-hydrogen) atoms. The molecule has 4 nitrogen and oxygen atoms in total. The van der Waals surface area contributed by atoms with Gasteiger partial charge in [-0.05, 0) is 60.4 Å². The number of anilines is 1. The summed E-state index contributed by atoms with van der Waals surface area (Å²) in [6, 6.07) is 19.7. The number of nitrogens with zero attached hydrogens (tertiary/aromatic N) is 2. The Balaban J connectivity index is 1.67. The lowest BCUT2D eigenvalue weighted by molar-refractivity contribution is 0.199. The van der Waals surface area contributed by atoms with E-state index in [9.17, 15) is 4.79 Å². The maximum absolute atomic E-state index is 13.2. The second-order valence-electron chi connectivity index (χ2n) is 7.11. The molecular formula is C23H24ClN3O. The van der Waals surface area contributed by atoms with Crippen LogP contribution in [-0.4, -0.2) is 22.0 Å². The normalized spacial score (nSPS) is 16.4. The Labute approximate surface area is 170 Å². The predicted octanol–water partition coefficient (Wildman–Crippen LogP) is 5.73. The van der Waals surface area contributed by atoms with Crippen molar-refractivity contribution in [1.29, 1.82) is 0 Å². The van der Waals surface area contributed by atoms with Gasteiger partial charge in [0.2, 0.25) is 0 Å². The van der Waals surface area contributed by atoms with Gasteiger partial charge in [0.25, 0.3) is 0 Å². The Morgan fingerprint density at radius 3 is 2.68 bits per heavy atom. The first-order chi connectivity index (χ1) is 13.7. The second kappa shape index (κ2) is 8.11. The number of rotatable bonds is 3. The van der Waals surface area contributed by atoms with Crippen LogP contribution in [0, 0.1) is 0 Å². The van der Waals surface area contributed by atoms with Gasteiger partial charge in [-0.1, -0.05) is 42.8 Å². The molecule has 1 aliphatic rings. The third-order valence-corrected chi connectivity index (χ3v) is 5.53. The zero-order valence-corrected chi connectivity index (χ0v) is 16.7. The quantitative estimate of drug-likeness (QED) is 0.606. The summed E-state index contributed by atoms with van der Waals surface area (Å²) in [5.41, 5.74) is 4.19.